The van der Waals surface area contributed by atoms with Gasteiger partial charge in [-0.05, 0) is 44.0 Å². The van der Waals surface area contributed by atoms with E-state index in [0.29, 0.717) is 11.8 Å². The van der Waals surface area contributed by atoms with Crippen LogP contribution in [0.3, 0.4) is 0 Å². The summed E-state index contributed by atoms with van der Waals surface area (Å²) in [5, 5.41) is 9.79. The predicted molar refractivity (Wildman–Crippen MR) is 99.4 cm³/mol. The van der Waals surface area contributed by atoms with Crippen molar-refractivity contribution in [1.82, 2.24) is 19.7 Å². The Hall–Kier alpha value is -2.14. The van der Waals surface area contributed by atoms with E-state index in [9.17, 15) is 0 Å². The molecule has 1 aliphatic rings. The van der Waals surface area contributed by atoms with E-state index in [1.165, 1.54) is 36.8 Å². The molecule has 3 aromatic rings. The lowest BCUT2D eigenvalue weighted by Gasteiger charge is -2.16. The van der Waals surface area contributed by atoms with Gasteiger partial charge in [-0.3, -0.25) is 0 Å². The average Bonchev–Trinajstić information content (AvgIpc) is 3.32. The zero-order valence-corrected chi connectivity index (χ0v) is 15.1. The van der Waals surface area contributed by atoms with Crippen LogP contribution in [-0.4, -0.2) is 39.3 Å². The van der Waals surface area contributed by atoms with Gasteiger partial charge in [-0.25, -0.2) is 0 Å². The molecule has 0 saturated carbocycles. The predicted octanol–water partition coefficient (Wildman–Crippen LogP) is 3.99. The summed E-state index contributed by atoms with van der Waals surface area (Å²) in [4.78, 5) is 2.54. The Morgan fingerprint density at radius 1 is 1.08 bits per heavy atom. The zero-order chi connectivity index (χ0) is 17.2. The molecule has 0 spiro atoms. The van der Waals surface area contributed by atoms with Gasteiger partial charge in [0.1, 0.15) is 5.69 Å². The van der Waals surface area contributed by atoms with Gasteiger partial charge >= 0.3 is 0 Å². The van der Waals surface area contributed by atoms with Gasteiger partial charge in [0.25, 0.3) is 5.89 Å². The topological polar surface area (TPSA) is 47.1 Å². The van der Waals surface area contributed by atoms with E-state index in [1.807, 2.05) is 0 Å². The van der Waals surface area contributed by atoms with Crippen LogP contribution in [0.2, 0.25) is 0 Å². The van der Waals surface area contributed by atoms with Crippen molar-refractivity contribution in [2.24, 2.45) is 5.92 Å². The number of hydrogen-bond acceptors (Lipinski definition) is 4. The molecule has 132 valence electrons. The van der Waals surface area contributed by atoms with E-state index >= 15 is 0 Å². The third-order valence-corrected chi connectivity index (χ3v) is 4.92. The van der Waals surface area contributed by atoms with Crippen LogP contribution in [0.15, 0.2) is 34.7 Å². The lowest BCUT2D eigenvalue weighted by atomic mass is 10.1. The lowest BCUT2D eigenvalue weighted by molar-refractivity contribution is 0.324. The maximum Gasteiger partial charge on any atom is 0.264 e. The first-order chi connectivity index (χ1) is 12.2. The Morgan fingerprint density at radius 2 is 1.88 bits per heavy atom. The monoisotopic (exact) mass is 338 g/mol. The van der Waals surface area contributed by atoms with E-state index in [1.54, 1.807) is 0 Å². The summed E-state index contributed by atoms with van der Waals surface area (Å²) < 4.78 is 8.30. The van der Waals surface area contributed by atoms with E-state index in [4.69, 9.17) is 4.42 Å². The zero-order valence-electron chi connectivity index (χ0n) is 15.1. The van der Waals surface area contributed by atoms with Crippen molar-refractivity contribution < 1.29 is 4.42 Å². The van der Waals surface area contributed by atoms with Crippen molar-refractivity contribution in [3.63, 3.8) is 0 Å². The van der Waals surface area contributed by atoms with Crippen molar-refractivity contribution in [2.45, 2.75) is 39.7 Å². The minimum Gasteiger partial charge on any atom is -0.419 e. The van der Waals surface area contributed by atoms with Crippen molar-refractivity contribution in [3.05, 3.63) is 36.2 Å². The molecule has 0 unspecified atom stereocenters. The number of fused-ring (bicyclic) bond motifs is 1. The van der Waals surface area contributed by atoms with Gasteiger partial charge < -0.3 is 13.9 Å². The fraction of sp³-hybridized carbons (Fsp3) is 0.500. The maximum atomic E-state index is 5.97. The molecular weight excluding hydrogens is 312 g/mol. The SMILES string of the molecule is CC(C)Cc1nnc(-c2cc3ccccc3n2CCN2CCCC2)o1. The summed E-state index contributed by atoms with van der Waals surface area (Å²) >= 11 is 0. The molecule has 0 amide bonds. The molecule has 0 N–H and O–H groups in total. The molecule has 0 bridgehead atoms. The molecule has 1 aromatic carbocycles. The number of aromatic nitrogens is 3. The van der Waals surface area contributed by atoms with Crippen LogP contribution in [0.25, 0.3) is 22.5 Å². The molecule has 25 heavy (non-hydrogen) atoms. The number of nitrogens with zero attached hydrogens (tertiary/aromatic N) is 4. The molecule has 0 radical (unpaired) electrons. The highest BCUT2D eigenvalue weighted by Crippen LogP contribution is 2.28. The van der Waals surface area contributed by atoms with Gasteiger partial charge in [0, 0.05) is 30.4 Å². The Bertz CT molecular complexity index is 842. The molecule has 4 rings (SSSR count). The molecule has 1 fully saturated rings. The second kappa shape index (κ2) is 7.00. The normalized spacial score (nSPS) is 15.6. The van der Waals surface area contributed by atoms with Gasteiger partial charge in [0.15, 0.2) is 0 Å². The van der Waals surface area contributed by atoms with Gasteiger partial charge in [-0.15, -0.1) is 10.2 Å². The summed E-state index contributed by atoms with van der Waals surface area (Å²) in [5.74, 6) is 1.86. The molecule has 0 aliphatic carbocycles. The molecule has 2 aromatic heterocycles. The highest BCUT2D eigenvalue weighted by molar-refractivity contribution is 5.85. The van der Waals surface area contributed by atoms with Crippen LogP contribution in [0.1, 0.15) is 32.6 Å². The van der Waals surface area contributed by atoms with Gasteiger partial charge in [0.05, 0.1) is 0 Å². The molecule has 3 heterocycles. The second-order valence-electron chi connectivity index (χ2n) is 7.39. The first-order valence-corrected chi connectivity index (χ1v) is 9.34. The minimum atomic E-state index is 0.509. The third-order valence-electron chi connectivity index (χ3n) is 4.92. The molecule has 0 atom stereocenters. The number of likely N-dealkylation sites (tertiary alicyclic amines) is 1. The van der Waals surface area contributed by atoms with Crippen LogP contribution in [0.4, 0.5) is 0 Å². The standard InChI is InChI=1S/C20H26N4O/c1-15(2)13-19-21-22-20(25-19)18-14-16-7-3-4-8-17(16)24(18)12-11-23-9-5-6-10-23/h3-4,7-8,14-15H,5-6,9-13H2,1-2H3. The number of para-hydroxylation sites is 1. The molecule has 1 aliphatic heterocycles. The minimum absolute atomic E-state index is 0.509. The lowest BCUT2D eigenvalue weighted by Crippen LogP contribution is -2.24. The number of rotatable bonds is 6. The Balaban J connectivity index is 1.66. The molecule has 5 nitrogen and oxygen atoms in total. The van der Waals surface area contributed by atoms with E-state index in [-0.39, 0.29) is 0 Å². The highest BCUT2D eigenvalue weighted by atomic mass is 16.4. The van der Waals surface area contributed by atoms with E-state index in [2.05, 4.69) is 63.8 Å². The Labute approximate surface area is 148 Å². The van der Waals surface area contributed by atoms with Crippen LogP contribution in [0, 0.1) is 5.92 Å². The summed E-state index contributed by atoms with van der Waals surface area (Å²) in [6, 6.07) is 10.7. The summed E-state index contributed by atoms with van der Waals surface area (Å²) in [7, 11) is 0. The van der Waals surface area contributed by atoms with Crippen molar-refractivity contribution in [3.8, 4) is 11.6 Å². The van der Waals surface area contributed by atoms with Gasteiger partial charge in [-0.1, -0.05) is 32.0 Å². The summed E-state index contributed by atoms with van der Waals surface area (Å²) in [5.41, 5.74) is 2.27. The van der Waals surface area contributed by atoms with Crippen LogP contribution < -0.4 is 0 Å². The second-order valence-corrected chi connectivity index (χ2v) is 7.39. The number of hydrogen-bond donors (Lipinski definition) is 0. The van der Waals surface area contributed by atoms with E-state index in [0.717, 1.165) is 31.1 Å². The highest BCUT2D eigenvalue weighted by Gasteiger charge is 2.18. The average molecular weight is 338 g/mol. The summed E-state index contributed by atoms with van der Waals surface area (Å²) in [6.07, 6.45) is 3.46. The smallest absolute Gasteiger partial charge is 0.264 e. The Kier molecular flexibility index (Phi) is 4.57. The molecule has 5 heteroatoms. The third kappa shape index (κ3) is 3.47. The quantitative estimate of drug-likeness (QED) is 0.682. The number of benzene rings is 1. The first kappa shape index (κ1) is 16.3. The first-order valence-electron chi connectivity index (χ1n) is 9.34. The largest absolute Gasteiger partial charge is 0.419 e. The van der Waals surface area contributed by atoms with Gasteiger partial charge in [-0.2, -0.15) is 0 Å². The van der Waals surface area contributed by atoms with Crippen molar-refractivity contribution in [1.29, 1.82) is 0 Å². The maximum absolute atomic E-state index is 5.97. The fourth-order valence-electron chi connectivity index (χ4n) is 3.66. The molecule has 1 saturated heterocycles. The Morgan fingerprint density at radius 3 is 2.68 bits per heavy atom. The molecular formula is C20H26N4O. The van der Waals surface area contributed by atoms with Crippen LogP contribution in [0.5, 0.6) is 0 Å². The van der Waals surface area contributed by atoms with Crippen molar-refractivity contribution in [2.75, 3.05) is 19.6 Å². The van der Waals surface area contributed by atoms with E-state index < -0.39 is 0 Å². The van der Waals surface area contributed by atoms with Crippen molar-refractivity contribution >= 4 is 10.9 Å². The van der Waals surface area contributed by atoms with Gasteiger partial charge in [0.2, 0.25) is 5.89 Å². The van der Waals surface area contributed by atoms with Crippen LogP contribution in [-0.2, 0) is 13.0 Å². The summed E-state index contributed by atoms with van der Waals surface area (Å²) in [6.45, 7) is 8.78. The van der Waals surface area contributed by atoms with Crippen LogP contribution >= 0.6 is 0 Å². The fourth-order valence-corrected chi connectivity index (χ4v) is 3.66.